The number of aryl methyl sites for hydroxylation is 3. The molecule has 5 rings (SSSR count). The van der Waals surface area contributed by atoms with E-state index in [0.717, 1.165) is 63.9 Å². The van der Waals surface area contributed by atoms with Gasteiger partial charge in [0.05, 0.1) is 30.8 Å². The van der Waals surface area contributed by atoms with E-state index in [-0.39, 0.29) is 5.82 Å². The zero-order valence-corrected chi connectivity index (χ0v) is 21.5. The molecule has 2 aromatic heterocycles. The van der Waals surface area contributed by atoms with Crippen LogP contribution in [-0.4, -0.2) is 54.7 Å². The molecule has 0 unspecified atom stereocenters. The predicted molar refractivity (Wildman–Crippen MR) is 142 cm³/mol. The zero-order chi connectivity index (χ0) is 25.4. The van der Waals surface area contributed by atoms with E-state index in [9.17, 15) is 4.39 Å². The molecule has 2 aromatic carbocycles. The SMILES string of the molecule is CCOc1ccc(-n2c(C)c3c(C)nnc(N4CCN(c5ccccc5F)CC4)c3c2C)c(OC)c1. The summed E-state index contributed by atoms with van der Waals surface area (Å²) in [5.41, 5.74) is 4.65. The average Bonchev–Trinajstić information content (AvgIpc) is 3.16. The minimum atomic E-state index is -0.184. The van der Waals surface area contributed by atoms with Gasteiger partial charge in [-0.05, 0) is 52.0 Å². The van der Waals surface area contributed by atoms with Crippen molar-refractivity contribution in [1.82, 2.24) is 14.8 Å². The molecule has 0 N–H and O–H groups in total. The van der Waals surface area contributed by atoms with Crippen molar-refractivity contribution in [2.75, 3.05) is 49.7 Å². The number of aromatic nitrogens is 3. The van der Waals surface area contributed by atoms with Gasteiger partial charge in [-0.3, -0.25) is 0 Å². The van der Waals surface area contributed by atoms with Crippen molar-refractivity contribution < 1.29 is 13.9 Å². The van der Waals surface area contributed by atoms with Gasteiger partial charge >= 0.3 is 0 Å². The third-order valence-corrected chi connectivity index (χ3v) is 7.00. The molecule has 0 spiro atoms. The van der Waals surface area contributed by atoms with Gasteiger partial charge in [-0.1, -0.05) is 12.1 Å². The van der Waals surface area contributed by atoms with E-state index < -0.39 is 0 Å². The number of fused-ring (bicyclic) bond motifs is 1. The predicted octanol–water partition coefficient (Wildman–Crippen LogP) is 5.22. The Hall–Kier alpha value is -3.81. The Bertz CT molecular complexity index is 1410. The fraction of sp³-hybridized carbons (Fsp3) is 0.357. The lowest BCUT2D eigenvalue weighted by Crippen LogP contribution is -2.47. The van der Waals surface area contributed by atoms with Crippen molar-refractivity contribution in [2.45, 2.75) is 27.7 Å². The molecule has 0 bridgehead atoms. The summed E-state index contributed by atoms with van der Waals surface area (Å²) in [7, 11) is 1.68. The molecule has 3 heterocycles. The molecule has 1 aliphatic heterocycles. The first-order chi connectivity index (χ1) is 17.4. The van der Waals surface area contributed by atoms with E-state index in [4.69, 9.17) is 9.47 Å². The quantitative estimate of drug-likeness (QED) is 0.370. The number of para-hydroxylation sites is 1. The molecule has 4 aromatic rings. The van der Waals surface area contributed by atoms with Crippen molar-refractivity contribution in [3.05, 3.63) is 65.4 Å². The van der Waals surface area contributed by atoms with Gasteiger partial charge in [-0.2, -0.15) is 5.10 Å². The van der Waals surface area contributed by atoms with Crippen LogP contribution in [0.3, 0.4) is 0 Å². The molecule has 1 saturated heterocycles. The summed E-state index contributed by atoms with van der Waals surface area (Å²) in [4.78, 5) is 4.36. The van der Waals surface area contributed by atoms with Crippen molar-refractivity contribution in [3.63, 3.8) is 0 Å². The summed E-state index contributed by atoms with van der Waals surface area (Å²) in [6.45, 7) is 11.7. The number of ether oxygens (including phenoxy) is 2. The van der Waals surface area contributed by atoms with Crippen molar-refractivity contribution >= 4 is 22.3 Å². The molecule has 188 valence electrons. The molecule has 0 atom stereocenters. The fourth-order valence-electron chi connectivity index (χ4n) is 5.32. The van der Waals surface area contributed by atoms with Crippen LogP contribution in [-0.2, 0) is 0 Å². The number of hydrogen-bond acceptors (Lipinski definition) is 6. The fourth-order valence-corrected chi connectivity index (χ4v) is 5.32. The molecule has 1 fully saturated rings. The standard InChI is InChI=1S/C28H32FN5O2/c1-6-36-21-11-12-24(25(17-21)35-5)34-19(3)26-18(2)30-31-28(27(26)20(34)4)33-15-13-32(14-16-33)23-10-8-7-9-22(23)29/h7-12,17H,6,13-16H2,1-5H3. The Balaban J connectivity index is 1.55. The highest BCUT2D eigenvalue weighted by Crippen LogP contribution is 2.39. The van der Waals surface area contributed by atoms with Crippen molar-refractivity contribution in [1.29, 1.82) is 0 Å². The van der Waals surface area contributed by atoms with Gasteiger partial charge in [-0.25, -0.2) is 4.39 Å². The Morgan fingerprint density at radius 3 is 2.25 bits per heavy atom. The van der Waals surface area contributed by atoms with Crippen molar-refractivity contribution in [2.24, 2.45) is 0 Å². The highest BCUT2D eigenvalue weighted by molar-refractivity contribution is 5.99. The summed E-state index contributed by atoms with van der Waals surface area (Å²) < 4.78 is 28.0. The van der Waals surface area contributed by atoms with Crippen LogP contribution in [0.5, 0.6) is 11.5 Å². The third kappa shape index (κ3) is 4.00. The second-order valence-corrected chi connectivity index (χ2v) is 9.06. The number of methoxy groups -OCH3 is 1. The van der Waals surface area contributed by atoms with E-state index in [2.05, 4.69) is 38.4 Å². The van der Waals surface area contributed by atoms with Crippen LogP contribution in [0.15, 0.2) is 42.5 Å². The maximum atomic E-state index is 14.3. The lowest BCUT2D eigenvalue weighted by molar-refractivity contribution is 0.336. The largest absolute Gasteiger partial charge is 0.494 e. The van der Waals surface area contributed by atoms with Gasteiger partial charge in [0.2, 0.25) is 0 Å². The molecule has 0 radical (unpaired) electrons. The van der Waals surface area contributed by atoms with Crippen LogP contribution in [0.4, 0.5) is 15.9 Å². The van der Waals surface area contributed by atoms with Gasteiger partial charge in [0.1, 0.15) is 17.3 Å². The monoisotopic (exact) mass is 489 g/mol. The maximum Gasteiger partial charge on any atom is 0.161 e. The molecular formula is C28H32FN5O2. The lowest BCUT2D eigenvalue weighted by atomic mass is 10.1. The zero-order valence-electron chi connectivity index (χ0n) is 21.5. The highest BCUT2D eigenvalue weighted by atomic mass is 19.1. The van der Waals surface area contributed by atoms with E-state index in [1.165, 1.54) is 6.07 Å². The second-order valence-electron chi connectivity index (χ2n) is 9.06. The van der Waals surface area contributed by atoms with E-state index in [0.29, 0.717) is 25.4 Å². The van der Waals surface area contributed by atoms with Gasteiger partial charge in [0, 0.05) is 54.4 Å². The summed E-state index contributed by atoms with van der Waals surface area (Å²) in [6, 6.07) is 12.9. The highest BCUT2D eigenvalue weighted by Gasteiger charge is 2.26. The van der Waals surface area contributed by atoms with Gasteiger partial charge in [-0.15, -0.1) is 5.10 Å². The molecule has 0 saturated carbocycles. The summed E-state index contributed by atoms with van der Waals surface area (Å²) >= 11 is 0. The Morgan fingerprint density at radius 1 is 0.861 bits per heavy atom. The smallest absolute Gasteiger partial charge is 0.161 e. The van der Waals surface area contributed by atoms with E-state index in [1.54, 1.807) is 13.2 Å². The maximum absolute atomic E-state index is 14.3. The minimum Gasteiger partial charge on any atom is -0.494 e. The summed E-state index contributed by atoms with van der Waals surface area (Å²) in [5.74, 6) is 2.20. The number of anilines is 2. The first-order valence-corrected chi connectivity index (χ1v) is 12.3. The molecule has 8 heteroatoms. The number of benzene rings is 2. The van der Waals surface area contributed by atoms with Crippen LogP contribution in [0.25, 0.3) is 16.5 Å². The van der Waals surface area contributed by atoms with Gasteiger partial charge < -0.3 is 23.8 Å². The Morgan fingerprint density at radius 2 is 1.56 bits per heavy atom. The first-order valence-electron chi connectivity index (χ1n) is 12.3. The Kier molecular flexibility index (Phi) is 6.43. The normalized spacial score (nSPS) is 13.9. The first kappa shape index (κ1) is 23.9. The van der Waals surface area contributed by atoms with Crippen LogP contribution < -0.4 is 19.3 Å². The topological polar surface area (TPSA) is 55.7 Å². The average molecular weight is 490 g/mol. The van der Waals surface area contributed by atoms with Crippen molar-refractivity contribution in [3.8, 4) is 17.2 Å². The Labute approximate surface area is 211 Å². The minimum absolute atomic E-state index is 0.184. The molecular weight excluding hydrogens is 457 g/mol. The molecule has 7 nitrogen and oxygen atoms in total. The molecule has 36 heavy (non-hydrogen) atoms. The molecule has 0 aliphatic carbocycles. The van der Waals surface area contributed by atoms with E-state index in [1.807, 2.05) is 44.2 Å². The number of rotatable bonds is 6. The molecule has 0 amide bonds. The van der Waals surface area contributed by atoms with Crippen LogP contribution >= 0.6 is 0 Å². The van der Waals surface area contributed by atoms with E-state index >= 15 is 0 Å². The number of nitrogens with zero attached hydrogens (tertiary/aromatic N) is 5. The summed E-state index contributed by atoms with van der Waals surface area (Å²) in [5, 5.41) is 11.4. The van der Waals surface area contributed by atoms with Crippen LogP contribution in [0.1, 0.15) is 24.0 Å². The van der Waals surface area contributed by atoms with Crippen LogP contribution in [0.2, 0.25) is 0 Å². The number of hydrogen-bond donors (Lipinski definition) is 0. The third-order valence-electron chi connectivity index (χ3n) is 7.00. The number of halogens is 1. The van der Waals surface area contributed by atoms with Gasteiger partial charge in [0.15, 0.2) is 5.82 Å². The second kappa shape index (κ2) is 9.68. The summed E-state index contributed by atoms with van der Waals surface area (Å²) in [6.07, 6.45) is 0. The number of piperazine rings is 1. The molecule has 1 aliphatic rings. The van der Waals surface area contributed by atoms with Gasteiger partial charge in [0.25, 0.3) is 0 Å². The lowest BCUT2D eigenvalue weighted by Gasteiger charge is -2.37. The van der Waals surface area contributed by atoms with Crippen LogP contribution in [0, 0.1) is 26.6 Å².